The van der Waals surface area contributed by atoms with Crippen LogP contribution in [0.5, 0.6) is 17.2 Å². The molecule has 0 heterocycles. The molecule has 3 aromatic rings. The van der Waals surface area contributed by atoms with Gasteiger partial charge in [0.1, 0.15) is 12.4 Å². The van der Waals surface area contributed by atoms with Crippen LogP contribution in [0.1, 0.15) is 23.6 Å². The third-order valence-corrected chi connectivity index (χ3v) is 6.09. The monoisotopic (exact) mass is 523 g/mol. The van der Waals surface area contributed by atoms with Crippen LogP contribution in [0, 0.1) is 0 Å². The number of benzene rings is 3. The lowest BCUT2D eigenvalue weighted by atomic mass is 10.1. The predicted octanol–water partition coefficient (Wildman–Crippen LogP) is 7.03. The lowest BCUT2D eigenvalue weighted by molar-refractivity contribution is 0.269. The second kappa shape index (κ2) is 11.6. The Morgan fingerprint density at radius 2 is 1.58 bits per heavy atom. The van der Waals surface area contributed by atoms with Crippen LogP contribution in [0.25, 0.3) is 0 Å². The fourth-order valence-corrected chi connectivity index (χ4v) is 3.85. The van der Waals surface area contributed by atoms with E-state index in [2.05, 4.69) is 21.2 Å². The van der Waals surface area contributed by atoms with E-state index in [1.807, 2.05) is 49.4 Å². The number of methoxy groups -OCH3 is 1. The standard InChI is InChI=1S/C24H24BrCl2NO3/c1-3-30-23-11-18(14-28-13-17-6-4-5-7-22(17)29-2)19(25)12-24(23)31-15-16-8-9-20(26)21(27)10-16/h4-12,28H,3,13-15H2,1-2H3. The molecular weight excluding hydrogens is 501 g/mol. The molecule has 0 unspecified atom stereocenters. The molecule has 7 heteroatoms. The van der Waals surface area contributed by atoms with Crippen molar-refractivity contribution in [2.45, 2.75) is 26.6 Å². The van der Waals surface area contributed by atoms with Gasteiger partial charge in [-0.05, 0) is 48.4 Å². The van der Waals surface area contributed by atoms with Crippen LogP contribution in [-0.2, 0) is 19.7 Å². The number of nitrogens with one attached hydrogen (secondary N) is 1. The summed E-state index contributed by atoms with van der Waals surface area (Å²) in [4.78, 5) is 0. The molecule has 3 aromatic carbocycles. The van der Waals surface area contributed by atoms with Crippen LogP contribution in [-0.4, -0.2) is 13.7 Å². The molecule has 0 atom stereocenters. The van der Waals surface area contributed by atoms with Gasteiger partial charge in [-0.25, -0.2) is 0 Å². The summed E-state index contributed by atoms with van der Waals surface area (Å²) in [6, 6.07) is 17.3. The molecule has 3 rings (SSSR count). The molecule has 0 radical (unpaired) electrons. The minimum Gasteiger partial charge on any atom is -0.496 e. The molecule has 0 saturated heterocycles. The summed E-state index contributed by atoms with van der Waals surface area (Å²) in [6.45, 7) is 4.19. The Morgan fingerprint density at radius 3 is 2.32 bits per heavy atom. The Kier molecular flexibility index (Phi) is 8.90. The van der Waals surface area contributed by atoms with Gasteiger partial charge in [0.05, 0.1) is 23.8 Å². The Balaban J connectivity index is 1.69. The first-order chi connectivity index (χ1) is 15.0. The van der Waals surface area contributed by atoms with E-state index < -0.39 is 0 Å². The molecule has 31 heavy (non-hydrogen) atoms. The van der Waals surface area contributed by atoms with Crippen molar-refractivity contribution >= 4 is 39.1 Å². The van der Waals surface area contributed by atoms with Gasteiger partial charge >= 0.3 is 0 Å². The van der Waals surface area contributed by atoms with Gasteiger partial charge in [0, 0.05) is 23.1 Å². The summed E-state index contributed by atoms with van der Waals surface area (Å²) in [5, 5.41) is 4.48. The van der Waals surface area contributed by atoms with Gasteiger partial charge in [-0.1, -0.05) is 63.4 Å². The van der Waals surface area contributed by atoms with Crippen molar-refractivity contribution in [1.29, 1.82) is 0 Å². The van der Waals surface area contributed by atoms with E-state index >= 15 is 0 Å². The molecule has 0 fully saturated rings. The van der Waals surface area contributed by atoms with Gasteiger partial charge in [-0.3, -0.25) is 0 Å². The lowest BCUT2D eigenvalue weighted by Gasteiger charge is -2.16. The first kappa shape index (κ1) is 23.7. The van der Waals surface area contributed by atoms with Crippen molar-refractivity contribution in [3.05, 3.63) is 85.8 Å². The van der Waals surface area contributed by atoms with Gasteiger partial charge in [0.25, 0.3) is 0 Å². The zero-order chi connectivity index (χ0) is 22.2. The largest absolute Gasteiger partial charge is 0.496 e. The average Bonchev–Trinajstić information content (AvgIpc) is 2.77. The third-order valence-electron chi connectivity index (χ3n) is 4.61. The molecule has 0 saturated carbocycles. The molecule has 0 aromatic heterocycles. The van der Waals surface area contributed by atoms with Crippen LogP contribution in [0.4, 0.5) is 0 Å². The minimum absolute atomic E-state index is 0.356. The smallest absolute Gasteiger partial charge is 0.162 e. The van der Waals surface area contributed by atoms with Gasteiger partial charge in [-0.15, -0.1) is 0 Å². The molecule has 0 spiro atoms. The number of halogens is 3. The molecule has 0 aliphatic carbocycles. The summed E-state index contributed by atoms with van der Waals surface area (Å²) >= 11 is 15.7. The fourth-order valence-electron chi connectivity index (χ4n) is 3.07. The van der Waals surface area contributed by atoms with Crippen LogP contribution >= 0.6 is 39.1 Å². The van der Waals surface area contributed by atoms with Gasteiger partial charge in [0.15, 0.2) is 11.5 Å². The molecule has 1 N–H and O–H groups in total. The summed E-state index contributed by atoms with van der Waals surface area (Å²) < 4.78 is 18.2. The van der Waals surface area contributed by atoms with Gasteiger partial charge in [0.2, 0.25) is 0 Å². The SMILES string of the molecule is CCOc1cc(CNCc2ccccc2OC)c(Br)cc1OCc1ccc(Cl)c(Cl)c1. The van der Waals surface area contributed by atoms with Crippen LogP contribution in [0.3, 0.4) is 0 Å². The van der Waals surface area contributed by atoms with Crippen molar-refractivity contribution < 1.29 is 14.2 Å². The van der Waals surface area contributed by atoms with Crippen LogP contribution < -0.4 is 19.5 Å². The number of hydrogen-bond donors (Lipinski definition) is 1. The number of para-hydroxylation sites is 1. The van der Waals surface area contributed by atoms with Gasteiger partial charge in [-0.2, -0.15) is 0 Å². The average molecular weight is 525 g/mol. The topological polar surface area (TPSA) is 39.7 Å². The maximum Gasteiger partial charge on any atom is 0.162 e. The van der Waals surface area contributed by atoms with Crippen LogP contribution in [0.2, 0.25) is 10.0 Å². The summed E-state index contributed by atoms with van der Waals surface area (Å²) in [6.07, 6.45) is 0. The van der Waals surface area contributed by atoms with E-state index in [-0.39, 0.29) is 0 Å². The zero-order valence-electron chi connectivity index (χ0n) is 17.4. The van der Waals surface area contributed by atoms with Crippen molar-refractivity contribution in [3.8, 4) is 17.2 Å². The predicted molar refractivity (Wildman–Crippen MR) is 130 cm³/mol. The highest BCUT2D eigenvalue weighted by atomic mass is 79.9. The molecule has 0 amide bonds. The van der Waals surface area contributed by atoms with E-state index in [1.165, 1.54) is 0 Å². The van der Waals surface area contributed by atoms with E-state index in [0.717, 1.165) is 26.9 Å². The van der Waals surface area contributed by atoms with E-state index in [4.69, 9.17) is 37.4 Å². The summed E-state index contributed by atoms with van der Waals surface area (Å²) in [7, 11) is 1.68. The molecule has 0 aliphatic heterocycles. The maximum atomic E-state index is 6.10. The molecule has 0 bridgehead atoms. The van der Waals surface area contributed by atoms with Crippen molar-refractivity contribution in [2.75, 3.05) is 13.7 Å². The van der Waals surface area contributed by atoms with E-state index in [9.17, 15) is 0 Å². The highest BCUT2D eigenvalue weighted by molar-refractivity contribution is 9.10. The zero-order valence-corrected chi connectivity index (χ0v) is 20.5. The lowest BCUT2D eigenvalue weighted by Crippen LogP contribution is -2.14. The van der Waals surface area contributed by atoms with Gasteiger partial charge < -0.3 is 19.5 Å². The Morgan fingerprint density at radius 1 is 0.839 bits per heavy atom. The van der Waals surface area contributed by atoms with Crippen molar-refractivity contribution in [2.24, 2.45) is 0 Å². The quantitative estimate of drug-likeness (QED) is 0.309. The Bertz CT molecular complexity index is 1030. The highest BCUT2D eigenvalue weighted by Gasteiger charge is 2.12. The number of rotatable bonds is 10. The molecule has 164 valence electrons. The summed E-state index contributed by atoms with van der Waals surface area (Å²) in [5.41, 5.74) is 3.10. The third kappa shape index (κ3) is 6.53. The maximum absolute atomic E-state index is 6.10. The Hall–Kier alpha value is -1.92. The van der Waals surface area contributed by atoms with Crippen molar-refractivity contribution in [3.63, 3.8) is 0 Å². The first-order valence-electron chi connectivity index (χ1n) is 9.86. The number of ether oxygens (including phenoxy) is 3. The second-order valence-electron chi connectivity index (χ2n) is 6.78. The summed E-state index contributed by atoms with van der Waals surface area (Å²) in [5.74, 6) is 2.23. The second-order valence-corrected chi connectivity index (χ2v) is 8.44. The van der Waals surface area contributed by atoms with Crippen LogP contribution in [0.15, 0.2) is 59.1 Å². The van der Waals surface area contributed by atoms with E-state index in [0.29, 0.717) is 47.8 Å². The normalized spacial score (nSPS) is 10.7. The van der Waals surface area contributed by atoms with Crippen molar-refractivity contribution in [1.82, 2.24) is 5.32 Å². The molecular formula is C24H24BrCl2NO3. The van der Waals surface area contributed by atoms with E-state index in [1.54, 1.807) is 19.2 Å². The highest BCUT2D eigenvalue weighted by Crippen LogP contribution is 2.35. The minimum atomic E-state index is 0.356. The first-order valence-corrected chi connectivity index (χ1v) is 11.4. The number of hydrogen-bond acceptors (Lipinski definition) is 4. The molecule has 4 nitrogen and oxygen atoms in total. The Labute approximate surface area is 201 Å². The molecule has 0 aliphatic rings. The fraction of sp³-hybridized carbons (Fsp3) is 0.250.